The van der Waals surface area contributed by atoms with E-state index >= 15 is 0 Å². The summed E-state index contributed by atoms with van der Waals surface area (Å²) in [6, 6.07) is 17.8. The highest BCUT2D eigenvalue weighted by Gasteiger charge is 2.25. The molecule has 35 heavy (non-hydrogen) atoms. The highest BCUT2D eigenvalue weighted by atomic mass is 35.5. The number of rotatable bonds is 3. The van der Waals surface area contributed by atoms with E-state index < -0.39 is 0 Å². The molecule has 0 N–H and O–H groups in total. The molecule has 0 bridgehead atoms. The van der Waals surface area contributed by atoms with Crippen molar-refractivity contribution < 1.29 is 0 Å². The second kappa shape index (κ2) is 9.14. The summed E-state index contributed by atoms with van der Waals surface area (Å²) in [5, 5.41) is 3.52. The summed E-state index contributed by atoms with van der Waals surface area (Å²) in [7, 11) is 0. The number of thiophene rings is 1. The Morgan fingerprint density at radius 3 is 1.89 bits per heavy atom. The first kappa shape index (κ1) is 26.1. The zero-order valence-corrected chi connectivity index (χ0v) is 24.6. The Morgan fingerprint density at radius 1 is 0.714 bits per heavy atom. The Balaban J connectivity index is 2.01. The highest BCUT2D eigenvalue weighted by Crippen LogP contribution is 2.48. The number of hydrogen-bond acceptors (Lipinski definition) is 2. The van der Waals surface area contributed by atoms with E-state index in [2.05, 4.69) is 110 Å². The molecular formula is C31H35Cl2NS. The Bertz CT molecular complexity index is 1390. The van der Waals surface area contributed by atoms with E-state index in [9.17, 15) is 0 Å². The van der Waals surface area contributed by atoms with Gasteiger partial charge in [-0.3, -0.25) is 4.90 Å². The molecule has 0 radical (unpaired) electrons. The van der Waals surface area contributed by atoms with E-state index in [1.165, 1.54) is 32.3 Å². The Morgan fingerprint density at radius 2 is 1.31 bits per heavy atom. The fourth-order valence-corrected chi connectivity index (χ4v) is 6.09. The van der Waals surface area contributed by atoms with E-state index in [1.807, 2.05) is 6.07 Å². The molecule has 1 aromatic heterocycles. The van der Waals surface area contributed by atoms with Gasteiger partial charge in [0.2, 0.25) is 0 Å². The highest BCUT2D eigenvalue weighted by molar-refractivity contribution is 7.23. The largest absolute Gasteiger partial charge is 0.300 e. The lowest BCUT2D eigenvalue weighted by Crippen LogP contribution is -2.16. The Kier molecular flexibility index (Phi) is 6.81. The van der Waals surface area contributed by atoms with Crippen molar-refractivity contribution in [2.75, 3.05) is 4.90 Å². The molecule has 3 aromatic carbocycles. The number of benzene rings is 3. The third-order valence-corrected chi connectivity index (χ3v) is 8.46. The molecule has 0 spiro atoms. The molecule has 0 amide bonds. The summed E-state index contributed by atoms with van der Waals surface area (Å²) < 4.78 is 1.26. The van der Waals surface area contributed by atoms with Crippen LogP contribution in [0.3, 0.4) is 0 Å². The average Bonchev–Trinajstić information content (AvgIpc) is 3.15. The van der Waals surface area contributed by atoms with E-state index in [4.69, 9.17) is 23.2 Å². The summed E-state index contributed by atoms with van der Waals surface area (Å²) in [6.07, 6.45) is 0. The molecule has 4 heteroatoms. The SMILES string of the molecule is Cc1cc(Cl)c(Cl)c(N(c2cc3cc(C(C)(C)C)ccc3s2)c2c(C)cc(C(C)(C)C)cc2C)c1. The van der Waals surface area contributed by atoms with Crippen molar-refractivity contribution in [1.82, 2.24) is 0 Å². The van der Waals surface area contributed by atoms with Gasteiger partial charge in [0.25, 0.3) is 0 Å². The molecule has 0 atom stereocenters. The molecule has 0 aliphatic rings. The molecule has 0 fully saturated rings. The van der Waals surface area contributed by atoms with Crippen molar-refractivity contribution in [2.24, 2.45) is 0 Å². The normalized spacial score (nSPS) is 12.4. The maximum Gasteiger partial charge on any atom is 0.101 e. The minimum Gasteiger partial charge on any atom is -0.300 e. The monoisotopic (exact) mass is 523 g/mol. The summed E-state index contributed by atoms with van der Waals surface area (Å²) in [5.74, 6) is 0. The van der Waals surface area contributed by atoms with Crippen LogP contribution in [0, 0.1) is 20.8 Å². The first-order valence-corrected chi connectivity index (χ1v) is 13.7. The van der Waals surface area contributed by atoms with Crippen molar-refractivity contribution in [3.8, 4) is 0 Å². The van der Waals surface area contributed by atoms with Gasteiger partial charge in [-0.05, 0) is 95.1 Å². The van der Waals surface area contributed by atoms with Crippen molar-refractivity contribution in [1.29, 1.82) is 0 Å². The molecule has 0 unspecified atom stereocenters. The number of hydrogen-bond donors (Lipinski definition) is 0. The predicted molar refractivity (Wildman–Crippen MR) is 158 cm³/mol. The van der Waals surface area contributed by atoms with Crippen LogP contribution >= 0.6 is 34.5 Å². The Labute approximate surface area is 224 Å². The van der Waals surface area contributed by atoms with Crippen LogP contribution in [0.5, 0.6) is 0 Å². The zero-order chi connectivity index (χ0) is 25.9. The summed E-state index contributed by atoms with van der Waals surface area (Å²) >= 11 is 15.3. The van der Waals surface area contributed by atoms with Crippen molar-refractivity contribution in [2.45, 2.75) is 73.1 Å². The van der Waals surface area contributed by atoms with Crippen molar-refractivity contribution in [3.05, 3.63) is 86.4 Å². The quantitative estimate of drug-likeness (QED) is 0.258. The average molecular weight is 525 g/mol. The predicted octanol–water partition coefficient (Wildman–Crippen LogP) is 11.2. The van der Waals surface area contributed by atoms with Crippen molar-refractivity contribution >= 4 is 61.0 Å². The van der Waals surface area contributed by atoms with Crippen LogP contribution in [0.2, 0.25) is 10.0 Å². The number of aryl methyl sites for hydroxylation is 3. The lowest BCUT2D eigenvalue weighted by molar-refractivity contribution is 0.589. The van der Waals surface area contributed by atoms with Gasteiger partial charge in [-0.1, -0.05) is 82.9 Å². The van der Waals surface area contributed by atoms with Crippen LogP contribution in [0.4, 0.5) is 16.4 Å². The topological polar surface area (TPSA) is 3.24 Å². The summed E-state index contributed by atoms with van der Waals surface area (Å²) in [6.45, 7) is 20.0. The minimum atomic E-state index is 0.0735. The van der Waals surface area contributed by atoms with Crippen LogP contribution in [-0.4, -0.2) is 0 Å². The minimum absolute atomic E-state index is 0.0735. The fraction of sp³-hybridized carbons (Fsp3) is 0.355. The number of fused-ring (bicyclic) bond motifs is 1. The maximum atomic E-state index is 6.88. The molecule has 1 nitrogen and oxygen atoms in total. The van der Waals surface area contributed by atoms with Crippen LogP contribution < -0.4 is 4.90 Å². The second-order valence-electron chi connectivity index (χ2n) is 11.7. The van der Waals surface area contributed by atoms with E-state index in [0.29, 0.717) is 10.0 Å². The van der Waals surface area contributed by atoms with Crippen LogP contribution in [-0.2, 0) is 10.8 Å². The molecule has 0 aliphatic carbocycles. The van der Waals surface area contributed by atoms with Crippen molar-refractivity contribution in [3.63, 3.8) is 0 Å². The number of anilines is 3. The number of nitrogens with zero attached hydrogens (tertiary/aromatic N) is 1. The number of halogens is 2. The van der Waals surface area contributed by atoms with Gasteiger partial charge in [0, 0.05) is 4.70 Å². The third kappa shape index (κ3) is 5.12. The first-order valence-electron chi connectivity index (χ1n) is 12.1. The molecule has 4 rings (SSSR count). The van der Waals surface area contributed by atoms with Gasteiger partial charge in [0.05, 0.1) is 21.4 Å². The van der Waals surface area contributed by atoms with Crippen LogP contribution in [0.15, 0.2) is 48.5 Å². The standard InChI is InChI=1S/C31H35Cl2NS/c1-18-12-24(32)28(33)25(13-18)34(29-19(2)14-23(15-20(29)3)31(7,8)9)27-17-21-16-22(30(4,5)6)10-11-26(21)35-27/h10-17H,1-9H3. The van der Waals surface area contributed by atoms with Crippen LogP contribution in [0.25, 0.3) is 10.1 Å². The van der Waals surface area contributed by atoms with Gasteiger partial charge < -0.3 is 0 Å². The fourth-order valence-electron chi connectivity index (χ4n) is 4.57. The zero-order valence-electron chi connectivity index (χ0n) is 22.2. The first-order chi connectivity index (χ1) is 16.2. The van der Waals surface area contributed by atoms with Gasteiger partial charge in [-0.25, -0.2) is 0 Å². The Hall–Kier alpha value is -2.00. The molecule has 184 valence electrons. The van der Waals surface area contributed by atoms with E-state index in [0.717, 1.165) is 21.9 Å². The van der Waals surface area contributed by atoms with Gasteiger partial charge in [0.15, 0.2) is 0 Å². The van der Waals surface area contributed by atoms with Crippen LogP contribution in [0.1, 0.15) is 69.4 Å². The lowest BCUT2D eigenvalue weighted by Gasteiger charge is -2.30. The van der Waals surface area contributed by atoms with Gasteiger partial charge >= 0.3 is 0 Å². The van der Waals surface area contributed by atoms with E-state index in [1.54, 1.807) is 11.3 Å². The summed E-state index contributed by atoms with van der Waals surface area (Å²) in [5.41, 5.74) is 8.42. The van der Waals surface area contributed by atoms with E-state index in [-0.39, 0.29) is 10.8 Å². The molecular weight excluding hydrogens is 489 g/mol. The van der Waals surface area contributed by atoms with Gasteiger partial charge in [-0.2, -0.15) is 0 Å². The summed E-state index contributed by atoms with van der Waals surface area (Å²) in [4.78, 5) is 2.31. The molecule has 0 saturated heterocycles. The van der Waals surface area contributed by atoms with Gasteiger partial charge in [-0.15, -0.1) is 11.3 Å². The molecule has 4 aromatic rings. The smallest absolute Gasteiger partial charge is 0.101 e. The molecule has 0 aliphatic heterocycles. The van der Waals surface area contributed by atoms with Gasteiger partial charge in [0.1, 0.15) is 5.00 Å². The second-order valence-corrected chi connectivity index (χ2v) is 13.6. The maximum absolute atomic E-state index is 6.88. The molecule has 1 heterocycles. The third-order valence-electron chi connectivity index (χ3n) is 6.56. The lowest BCUT2D eigenvalue weighted by atomic mass is 9.84. The molecule has 0 saturated carbocycles.